The minimum absolute atomic E-state index is 0.295. The van der Waals surface area contributed by atoms with Gasteiger partial charge in [-0.2, -0.15) is 5.26 Å². The van der Waals surface area contributed by atoms with Gasteiger partial charge in [-0.05, 0) is 24.1 Å². The molecule has 0 bridgehead atoms. The van der Waals surface area contributed by atoms with Crippen molar-refractivity contribution in [1.82, 2.24) is 14.9 Å². The van der Waals surface area contributed by atoms with Crippen LogP contribution in [0.25, 0.3) is 0 Å². The molecule has 3 rings (SSSR count). The zero-order valence-corrected chi connectivity index (χ0v) is 12.9. The summed E-state index contributed by atoms with van der Waals surface area (Å²) in [6.07, 6.45) is 4.10. The van der Waals surface area contributed by atoms with Crippen LogP contribution in [0.15, 0.2) is 36.7 Å². The van der Waals surface area contributed by atoms with Crippen LogP contribution in [0.4, 0.5) is 11.5 Å². The Labute approximate surface area is 135 Å². The lowest BCUT2D eigenvalue weighted by molar-refractivity contribution is 0.0384. The molecule has 23 heavy (non-hydrogen) atoms. The van der Waals surface area contributed by atoms with E-state index in [9.17, 15) is 0 Å². The van der Waals surface area contributed by atoms with E-state index in [-0.39, 0.29) is 0 Å². The van der Waals surface area contributed by atoms with Gasteiger partial charge in [0.1, 0.15) is 6.07 Å². The molecule has 118 valence electrons. The summed E-state index contributed by atoms with van der Waals surface area (Å²) in [6.45, 7) is 4.76. The van der Waals surface area contributed by atoms with E-state index < -0.39 is 0 Å². The molecule has 1 aromatic heterocycles. The van der Waals surface area contributed by atoms with Crippen LogP contribution in [-0.2, 0) is 11.2 Å². The molecule has 1 fully saturated rings. The molecule has 2 aromatic rings. The number of anilines is 2. The predicted molar refractivity (Wildman–Crippen MR) is 87.4 cm³/mol. The highest BCUT2D eigenvalue weighted by atomic mass is 16.5. The van der Waals surface area contributed by atoms with Gasteiger partial charge in [0.05, 0.1) is 13.2 Å². The van der Waals surface area contributed by atoms with E-state index in [4.69, 9.17) is 10.00 Å². The standard InChI is InChI=1S/C17H19N5O/c18-13-16-17(20-7-6-19-16)21-15-3-1-14(2-4-15)5-8-22-9-11-23-12-10-22/h1-4,6-7H,5,8-12H2,(H,20,21). The average molecular weight is 309 g/mol. The van der Waals surface area contributed by atoms with Crippen molar-refractivity contribution in [2.24, 2.45) is 0 Å². The lowest BCUT2D eigenvalue weighted by Crippen LogP contribution is -2.37. The van der Waals surface area contributed by atoms with E-state index in [0.717, 1.165) is 45.0 Å². The monoisotopic (exact) mass is 309 g/mol. The first-order valence-corrected chi connectivity index (χ1v) is 7.72. The zero-order valence-electron chi connectivity index (χ0n) is 12.9. The van der Waals surface area contributed by atoms with E-state index in [1.807, 2.05) is 18.2 Å². The van der Waals surface area contributed by atoms with Gasteiger partial charge in [0.2, 0.25) is 0 Å². The number of ether oxygens (including phenoxy) is 1. The minimum atomic E-state index is 0.295. The second-order valence-corrected chi connectivity index (χ2v) is 5.39. The fourth-order valence-electron chi connectivity index (χ4n) is 2.51. The van der Waals surface area contributed by atoms with Gasteiger partial charge in [0.15, 0.2) is 11.5 Å². The van der Waals surface area contributed by atoms with Gasteiger partial charge in [0.25, 0.3) is 0 Å². The summed E-state index contributed by atoms with van der Waals surface area (Å²) >= 11 is 0. The molecule has 0 saturated carbocycles. The summed E-state index contributed by atoms with van der Waals surface area (Å²) in [4.78, 5) is 10.6. The fraction of sp³-hybridized carbons (Fsp3) is 0.353. The van der Waals surface area contributed by atoms with Crippen molar-refractivity contribution in [3.05, 3.63) is 47.9 Å². The molecule has 1 aliphatic heterocycles. The number of aromatic nitrogens is 2. The third kappa shape index (κ3) is 4.25. The molecule has 2 heterocycles. The number of rotatable bonds is 5. The molecule has 6 heteroatoms. The Hall–Kier alpha value is -2.49. The molecule has 0 amide bonds. The normalized spacial score (nSPS) is 15.1. The summed E-state index contributed by atoms with van der Waals surface area (Å²) < 4.78 is 5.36. The van der Waals surface area contributed by atoms with E-state index in [1.165, 1.54) is 11.8 Å². The highest BCUT2D eigenvalue weighted by Gasteiger charge is 2.10. The number of hydrogen-bond donors (Lipinski definition) is 1. The Balaban J connectivity index is 1.57. The maximum Gasteiger partial charge on any atom is 0.183 e. The van der Waals surface area contributed by atoms with Gasteiger partial charge >= 0.3 is 0 Å². The SMILES string of the molecule is N#Cc1nccnc1Nc1ccc(CCN2CCOCC2)cc1. The van der Waals surface area contributed by atoms with Crippen molar-refractivity contribution in [2.75, 3.05) is 38.2 Å². The van der Waals surface area contributed by atoms with E-state index in [2.05, 4.69) is 32.3 Å². The molecule has 1 aromatic carbocycles. The Morgan fingerprint density at radius 1 is 1.13 bits per heavy atom. The van der Waals surface area contributed by atoms with Crippen molar-refractivity contribution < 1.29 is 4.74 Å². The highest BCUT2D eigenvalue weighted by Crippen LogP contribution is 2.17. The molecular formula is C17H19N5O. The summed E-state index contributed by atoms with van der Waals surface area (Å²) in [7, 11) is 0. The van der Waals surface area contributed by atoms with Gasteiger partial charge in [-0.3, -0.25) is 4.90 Å². The third-order valence-electron chi connectivity index (χ3n) is 3.84. The number of nitrogens with zero attached hydrogens (tertiary/aromatic N) is 4. The first kappa shape index (κ1) is 15.4. The summed E-state index contributed by atoms with van der Waals surface area (Å²) in [5, 5.41) is 12.2. The maximum atomic E-state index is 9.03. The second kappa shape index (κ2) is 7.68. The maximum absolute atomic E-state index is 9.03. The summed E-state index contributed by atoms with van der Waals surface area (Å²) in [5.74, 6) is 0.482. The molecule has 1 aliphatic rings. The van der Waals surface area contributed by atoms with Gasteiger partial charge in [-0.15, -0.1) is 0 Å². The van der Waals surface area contributed by atoms with Crippen LogP contribution in [0.5, 0.6) is 0 Å². The second-order valence-electron chi connectivity index (χ2n) is 5.39. The molecule has 0 aliphatic carbocycles. The quantitative estimate of drug-likeness (QED) is 0.910. The molecule has 0 spiro atoms. The molecule has 1 saturated heterocycles. The van der Waals surface area contributed by atoms with Crippen molar-refractivity contribution in [1.29, 1.82) is 5.26 Å². The smallest absolute Gasteiger partial charge is 0.183 e. The Kier molecular flexibility index (Phi) is 5.14. The highest BCUT2D eigenvalue weighted by molar-refractivity contribution is 5.60. The summed E-state index contributed by atoms with van der Waals surface area (Å²) in [5.41, 5.74) is 2.49. The molecule has 0 radical (unpaired) electrons. The fourth-order valence-corrected chi connectivity index (χ4v) is 2.51. The molecular weight excluding hydrogens is 290 g/mol. The average Bonchev–Trinajstić information content (AvgIpc) is 2.62. The molecule has 6 nitrogen and oxygen atoms in total. The van der Waals surface area contributed by atoms with Crippen LogP contribution in [0.1, 0.15) is 11.3 Å². The van der Waals surface area contributed by atoms with Gasteiger partial charge in [-0.25, -0.2) is 9.97 Å². The van der Waals surface area contributed by atoms with E-state index in [1.54, 1.807) is 6.20 Å². The predicted octanol–water partition coefficient (Wildman–Crippen LogP) is 1.97. The van der Waals surface area contributed by atoms with Crippen LogP contribution in [0.2, 0.25) is 0 Å². The van der Waals surface area contributed by atoms with Crippen LogP contribution in [0, 0.1) is 11.3 Å². The number of nitrogens with one attached hydrogen (secondary N) is 1. The molecule has 0 atom stereocenters. The Bertz CT molecular complexity index is 674. The number of hydrogen-bond acceptors (Lipinski definition) is 6. The lowest BCUT2D eigenvalue weighted by atomic mass is 10.1. The number of benzene rings is 1. The van der Waals surface area contributed by atoms with Crippen molar-refractivity contribution >= 4 is 11.5 Å². The van der Waals surface area contributed by atoms with Crippen LogP contribution in [-0.4, -0.2) is 47.7 Å². The van der Waals surface area contributed by atoms with Crippen LogP contribution >= 0.6 is 0 Å². The Morgan fingerprint density at radius 3 is 2.61 bits per heavy atom. The van der Waals surface area contributed by atoms with Gasteiger partial charge in [0, 0.05) is 37.7 Å². The number of nitriles is 1. The molecule has 1 N–H and O–H groups in total. The zero-order chi connectivity index (χ0) is 15.9. The van der Waals surface area contributed by atoms with Crippen LogP contribution < -0.4 is 5.32 Å². The first-order valence-electron chi connectivity index (χ1n) is 7.72. The largest absolute Gasteiger partial charge is 0.379 e. The lowest BCUT2D eigenvalue weighted by Gasteiger charge is -2.26. The summed E-state index contributed by atoms with van der Waals surface area (Å²) in [6, 6.07) is 10.2. The minimum Gasteiger partial charge on any atom is -0.379 e. The van der Waals surface area contributed by atoms with Crippen molar-refractivity contribution in [2.45, 2.75) is 6.42 Å². The van der Waals surface area contributed by atoms with Crippen LogP contribution in [0.3, 0.4) is 0 Å². The van der Waals surface area contributed by atoms with E-state index in [0.29, 0.717) is 11.5 Å². The van der Waals surface area contributed by atoms with Gasteiger partial charge in [-0.1, -0.05) is 12.1 Å². The van der Waals surface area contributed by atoms with Crippen molar-refractivity contribution in [3.8, 4) is 6.07 Å². The van der Waals surface area contributed by atoms with E-state index >= 15 is 0 Å². The number of morpholine rings is 1. The first-order chi connectivity index (χ1) is 11.3. The van der Waals surface area contributed by atoms with Gasteiger partial charge < -0.3 is 10.1 Å². The molecule has 0 unspecified atom stereocenters. The third-order valence-corrected chi connectivity index (χ3v) is 3.84. The Morgan fingerprint density at radius 2 is 1.87 bits per heavy atom. The van der Waals surface area contributed by atoms with Crippen molar-refractivity contribution in [3.63, 3.8) is 0 Å². The topological polar surface area (TPSA) is 74.1 Å².